The van der Waals surface area contributed by atoms with Crippen molar-refractivity contribution in [3.63, 3.8) is 0 Å². The molecular formula is C23H25N3O2. The molecular weight excluding hydrogens is 350 g/mol. The van der Waals surface area contributed by atoms with Gasteiger partial charge in [0.2, 0.25) is 0 Å². The summed E-state index contributed by atoms with van der Waals surface area (Å²) < 4.78 is 10.9. The van der Waals surface area contributed by atoms with Crippen molar-refractivity contribution in [3.8, 4) is 11.5 Å². The van der Waals surface area contributed by atoms with E-state index in [-0.39, 0.29) is 5.92 Å². The summed E-state index contributed by atoms with van der Waals surface area (Å²) >= 11 is 0. The zero-order valence-corrected chi connectivity index (χ0v) is 16.7. The molecule has 1 unspecified atom stereocenters. The molecule has 0 aliphatic rings. The molecule has 0 bridgehead atoms. The van der Waals surface area contributed by atoms with E-state index in [0.717, 1.165) is 40.6 Å². The van der Waals surface area contributed by atoms with Gasteiger partial charge in [0.1, 0.15) is 0 Å². The van der Waals surface area contributed by atoms with Crippen molar-refractivity contribution in [1.82, 2.24) is 9.97 Å². The van der Waals surface area contributed by atoms with Crippen molar-refractivity contribution in [2.45, 2.75) is 26.2 Å². The first-order valence-corrected chi connectivity index (χ1v) is 9.19. The van der Waals surface area contributed by atoms with Gasteiger partial charge in [0.15, 0.2) is 17.3 Å². The maximum atomic E-state index is 5.51. The number of nitrogens with zero attached hydrogens (tertiary/aromatic N) is 3. The van der Waals surface area contributed by atoms with Crippen LogP contribution in [0, 0.1) is 0 Å². The third kappa shape index (κ3) is 4.74. The van der Waals surface area contributed by atoms with E-state index in [1.54, 1.807) is 14.2 Å². The summed E-state index contributed by atoms with van der Waals surface area (Å²) in [5.41, 5.74) is 4.45. The summed E-state index contributed by atoms with van der Waals surface area (Å²) in [5, 5.41) is 0. The monoisotopic (exact) mass is 375 g/mol. The van der Waals surface area contributed by atoms with Gasteiger partial charge in [-0.05, 0) is 67.3 Å². The molecule has 0 N–H and O–H groups in total. The second-order valence-corrected chi connectivity index (χ2v) is 6.74. The maximum absolute atomic E-state index is 5.51. The highest BCUT2D eigenvalue weighted by Crippen LogP contribution is 2.35. The molecule has 144 valence electrons. The van der Waals surface area contributed by atoms with E-state index in [4.69, 9.17) is 9.47 Å². The molecule has 0 saturated carbocycles. The Kier molecular flexibility index (Phi) is 6.37. The van der Waals surface area contributed by atoms with Gasteiger partial charge in [-0.15, -0.1) is 0 Å². The zero-order valence-electron chi connectivity index (χ0n) is 16.7. The van der Waals surface area contributed by atoms with E-state index in [2.05, 4.69) is 27.1 Å². The molecule has 3 aromatic rings. The average Bonchev–Trinajstić information content (AvgIpc) is 2.72. The normalized spacial score (nSPS) is 11.6. The number of methoxy groups -OCH3 is 2. The Morgan fingerprint density at radius 3 is 2.25 bits per heavy atom. The Labute approximate surface area is 166 Å². The summed E-state index contributed by atoms with van der Waals surface area (Å²) in [6, 6.07) is 14.2. The van der Waals surface area contributed by atoms with Gasteiger partial charge >= 0.3 is 0 Å². The van der Waals surface area contributed by atoms with Gasteiger partial charge < -0.3 is 9.47 Å². The first-order valence-electron chi connectivity index (χ1n) is 9.19. The molecule has 0 aliphatic heterocycles. The third-order valence-corrected chi connectivity index (χ3v) is 4.51. The number of hydrogen-bond donors (Lipinski definition) is 0. The van der Waals surface area contributed by atoms with Crippen molar-refractivity contribution < 1.29 is 9.47 Å². The van der Waals surface area contributed by atoms with Crippen LogP contribution in [0.1, 0.15) is 36.5 Å². The van der Waals surface area contributed by atoms with Crippen molar-refractivity contribution in [2.24, 2.45) is 4.99 Å². The minimum atomic E-state index is 0.121. The average molecular weight is 375 g/mol. The predicted octanol–water partition coefficient (Wildman–Crippen LogP) is 4.98. The van der Waals surface area contributed by atoms with Crippen LogP contribution in [0.15, 0.2) is 66.0 Å². The van der Waals surface area contributed by atoms with Crippen molar-refractivity contribution in [2.75, 3.05) is 14.2 Å². The van der Waals surface area contributed by atoms with E-state index < -0.39 is 0 Å². The smallest absolute Gasteiger partial charge is 0.161 e. The van der Waals surface area contributed by atoms with Gasteiger partial charge in [-0.1, -0.05) is 12.1 Å². The Morgan fingerprint density at radius 1 is 0.929 bits per heavy atom. The molecule has 5 nitrogen and oxygen atoms in total. The molecule has 5 heteroatoms. The second kappa shape index (κ2) is 9.13. The molecule has 0 fully saturated rings. The molecule has 3 rings (SSSR count). The fraction of sp³-hybridized carbons (Fsp3) is 0.261. The van der Waals surface area contributed by atoms with Gasteiger partial charge in [0.05, 0.1) is 14.2 Å². The number of aromatic nitrogens is 2. The number of ether oxygens (including phenoxy) is 2. The topological polar surface area (TPSA) is 56.6 Å². The van der Waals surface area contributed by atoms with Crippen molar-refractivity contribution in [3.05, 3.63) is 77.7 Å². The van der Waals surface area contributed by atoms with E-state index >= 15 is 0 Å². The summed E-state index contributed by atoms with van der Waals surface area (Å²) in [6.07, 6.45) is 6.38. The lowest BCUT2D eigenvalue weighted by atomic mass is 9.87. The fourth-order valence-electron chi connectivity index (χ4n) is 3.15. The van der Waals surface area contributed by atoms with E-state index in [9.17, 15) is 0 Å². The summed E-state index contributed by atoms with van der Waals surface area (Å²) in [5.74, 6) is 2.28. The van der Waals surface area contributed by atoms with Gasteiger partial charge in [0.25, 0.3) is 0 Å². The van der Waals surface area contributed by atoms with Crippen LogP contribution in [0.2, 0.25) is 0 Å². The molecule has 0 spiro atoms. The van der Waals surface area contributed by atoms with Crippen molar-refractivity contribution in [1.29, 1.82) is 0 Å². The van der Waals surface area contributed by atoms with Crippen LogP contribution in [0.25, 0.3) is 0 Å². The number of rotatable bonds is 7. The van der Waals surface area contributed by atoms with Crippen LogP contribution in [-0.2, 0) is 6.42 Å². The van der Waals surface area contributed by atoms with E-state index in [1.807, 2.05) is 62.8 Å². The summed E-state index contributed by atoms with van der Waals surface area (Å²) in [7, 11) is 3.30. The SMILES string of the molecule is COc1ccc(C(Cc2ccncc2)c2ccc(N=C(C)C)nc2)cc1OC. The van der Waals surface area contributed by atoms with E-state index in [0.29, 0.717) is 0 Å². The third-order valence-electron chi connectivity index (χ3n) is 4.51. The lowest BCUT2D eigenvalue weighted by Crippen LogP contribution is -2.06. The number of pyridine rings is 2. The largest absolute Gasteiger partial charge is 0.493 e. The Morgan fingerprint density at radius 2 is 1.64 bits per heavy atom. The molecule has 0 aliphatic carbocycles. The summed E-state index contributed by atoms with van der Waals surface area (Å²) in [6.45, 7) is 3.93. The van der Waals surface area contributed by atoms with Crippen LogP contribution in [0.3, 0.4) is 0 Å². The molecule has 2 aromatic heterocycles. The Bertz CT molecular complexity index is 934. The number of hydrogen-bond acceptors (Lipinski definition) is 5. The molecule has 28 heavy (non-hydrogen) atoms. The first kappa shape index (κ1) is 19.5. The Balaban J connectivity index is 2.01. The molecule has 0 radical (unpaired) electrons. The molecule has 0 amide bonds. The highest BCUT2D eigenvalue weighted by Gasteiger charge is 2.18. The minimum Gasteiger partial charge on any atom is -0.493 e. The fourth-order valence-corrected chi connectivity index (χ4v) is 3.15. The molecule has 0 saturated heterocycles. The summed E-state index contributed by atoms with van der Waals surface area (Å²) in [4.78, 5) is 13.1. The number of aliphatic imine (C=N–C) groups is 1. The second-order valence-electron chi connectivity index (χ2n) is 6.74. The lowest BCUT2D eigenvalue weighted by molar-refractivity contribution is 0.354. The molecule has 1 aromatic carbocycles. The van der Waals surface area contributed by atoms with Crippen LogP contribution in [0.5, 0.6) is 11.5 Å². The molecule has 2 heterocycles. The first-order chi connectivity index (χ1) is 13.6. The quantitative estimate of drug-likeness (QED) is 0.547. The highest BCUT2D eigenvalue weighted by molar-refractivity contribution is 5.81. The van der Waals surface area contributed by atoms with Gasteiger partial charge in [0, 0.05) is 30.2 Å². The van der Waals surface area contributed by atoms with Gasteiger partial charge in [-0.3, -0.25) is 4.98 Å². The predicted molar refractivity (Wildman–Crippen MR) is 112 cm³/mol. The lowest BCUT2D eigenvalue weighted by Gasteiger charge is -2.20. The Hall–Kier alpha value is -3.21. The molecule has 1 atom stereocenters. The van der Waals surface area contributed by atoms with Crippen LogP contribution in [-0.4, -0.2) is 29.9 Å². The highest BCUT2D eigenvalue weighted by atomic mass is 16.5. The van der Waals surface area contributed by atoms with Crippen LogP contribution < -0.4 is 9.47 Å². The standard InChI is InChI=1S/C23H25N3O2/c1-16(2)26-23-8-6-19(15-25-23)20(13-17-9-11-24-12-10-17)18-5-7-21(27-3)22(14-18)28-4/h5-12,14-15,20H,13H2,1-4H3. The van der Waals surface area contributed by atoms with Gasteiger partial charge in [-0.2, -0.15) is 0 Å². The van der Waals surface area contributed by atoms with Gasteiger partial charge in [-0.25, -0.2) is 9.98 Å². The van der Waals surface area contributed by atoms with Crippen LogP contribution in [0.4, 0.5) is 5.82 Å². The van der Waals surface area contributed by atoms with Crippen molar-refractivity contribution >= 4 is 11.5 Å². The maximum Gasteiger partial charge on any atom is 0.161 e. The zero-order chi connectivity index (χ0) is 19.9. The number of benzene rings is 1. The van der Waals surface area contributed by atoms with E-state index in [1.165, 1.54) is 5.56 Å². The minimum absolute atomic E-state index is 0.121. The van der Waals surface area contributed by atoms with Crippen LogP contribution >= 0.6 is 0 Å².